The maximum absolute atomic E-state index is 11.0. The van der Waals surface area contributed by atoms with Gasteiger partial charge in [0.05, 0.1) is 16.7 Å². The fourth-order valence-corrected chi connectivity index (χ4v) is 5.23. The third-order valence-corrected chi connectivity index (χ3v) is 7.01. The Morgan fingerprint density at radius 3 is 2.82 bits per heavy atom. The van der Waals surface area contributed by atoms with Gasteiger partial charge >= 0.3 is 6.09 Å². The molecule has 1 aliphatic heterocycles. The Morgan fingerprint density at radius 1 is 1.21 bits per heavy atom. The Kier molecular flexibility index (Phi) is 5.54. The standard InChI is InChI=1S/C25H27N5O2S/c1-3-30-20-9-5-4-7-16(20)14-22(30)23-27-19-13-17(10-11-21(19)28(23)2)24(33)29-12-6-8-18(15-29)26-25(31)32/h4-5,7,9-11,13-14,18,26H,3,6,8,12,15H2,1-2H3,(H,31,32). The normalized spacial score (nSPS) is 16.4. The Labute approximate surface area is 197 Å². The van der Waals surface area contributed by atoms with E-state index in [4.69, 9.17) is 22.3 Å². The monoisotopic (exact) mass is 461 g/mol. The lowest BCUT2D eigenvalue weighted by atomic mass is 10.0. The number of aryl methyl sites for hydroxylation is 2. The van der Waals surface area contributed by atoms with E-state index >= 15 is 0 Å². The van der Waals surface area contributed by atoms with Gasteiger partial charge < -0.3 is 24.5 Å². The Balaban J connectivity index is 1.49. The molecule has 2 aromatic heterocycles. The summed E-state index contributed by atoms with van der Waals surface area (Å²) in [7, 11) is 2.05. The second-order valence-corrected chi connectivity index (χ2v) is 8.96. The number of para-hydroxylation sites is 1. The van der Waals surface area contributed by atoms with Crippen LogP contribution in [0.2, 0.25) is 0 Å². The van der Waals surface area contributed by atoms with Crippen molar-refractivity contribution in [3.8, 4) is 11.5 Å². The van der Waals surface area contributed by atoms with Gasteiger partial charge in [0.1, 0.15) is 4.99 Å². The van der Waals surface area contributed by atoms with Gasteiger partial charge in [-0.2, -0.15) is 0 Å². The molecule has 1 amide bonds. The van der Waals surface area contributed by atoms with E-state index in [-0.39, 0.29) is 6.04 Å². The Morgan fingerprint density at radius 2 is 2.03 bits per heavy atom. The van der Waals surface area contributed by atoms with E-state index in [2.05, 4.69) is 62.7 Å². The lowest BCUT2D eigenvalue weighted by molar-refractivity contribution is 0.181. The number of thiocarbonyl (C=S) groups is 1. The van der Waals surface area contributed by atoms with E-state index in [0.717, 1.165) is 59.0 Å². The van der Waals surface area contributed by atoms with Crippen LogP contribution in [0.1, 0.15) is 25.3 Å². The molecule has 1 fully saturated rings. The molecule has 170 valence electrons. The summed E-state index contributed by atoms with van der Waals surface area (Å²) in [6.07, 6.45) is 0.752. The predicted molar refractivity (Wildman–Crippen MR) is 135 cm³/mol. The lowest BCUT2D eigenvalue weighted by Crippen LogP contribution is -2.49. The minimum atomic E-state index is -0.986. The van der Waals surface area contributed by atoms with Crippen LogP contribution in [0.5, 0.6) is 0 Å². The molecule has 0 aliphatic carbocycles. The number of nitrogens with one attached hydrogen (secondary N) is 1. The van der Waals surface area contributed by atoms with Crippen molar-refractivity contribution in [3.63, 3.8) is 0 Å². The first kappa shape index (κ1) is 21.5. The van der Waals surface area contributed by atoms with Gasteiger partial charge in [-0.05, 0) is 50.1 Å². The molecule has 4 aromatic rings. The number of likely N-dealkylation sites (tertiary alicyclic amines) is 1. The van der Waals surface area contributed by atoms with Crippen molar-refractivity contribution in [1.29, 1.82) is 0 Å². The number of piperidine rings is 1. The van der Waals surface area contributed by atoms with E-state index in [1.165, 1.54) is 10.9 Å². The van der Waals surface area contributed by atoms with Crippen LogP contribution < -0.4 is 5.32 Å². The van der Waals surface area contributed by atoms with Gasteiger partial charge in [0.25, 0.3) is 0 Å². The Hall–Kier alpha value is -3.39. The predicted octanol–water partition coefficient (Wildman–Crippen LogP) is 4.62. The maximum Gasteiger partial charge on any atom is 0.404 e. The second kappa shape index (κ2) is 8.51. The summed E-state index contributed by atoms with van der Waals surface area (Å²) in [6, 6.07) is 16.7. The number of carbonyl (C=O) groups is 1. The molecule has 1 atom stereocenters. The molecule has 0 spiro atoms. The highest BCUT2D eigenvalue weighted by Gasteiger charge is 2.24. The highest BCUT2D eigenvalue weighted by Crippen LogP contribution is 2.30. The molecule has 0 radical (unpaired) electrons. The molecule has 5 rings (SSSR count). The zero-order chi connectivity index (χ0) is 23.1. The lowest BCUT2D eigenvalue weighted by Gasteiger charge is -2.34. The Bertz CT molecular complexity index is 1370. The van der Waals surface area contributed by atoms with E-state index in [0.29, 0.717) is 6.54 Å². The van der Waals surface area contributed by atoms with E-state index in [1.54, 1.807) is 0 Å². The number of amides is 1. The van der Waals surface area contributed by atoms with E-state index in [1.807, 2.05) is 19.2 Å². The number of hydrogen-bond donors (Lipinski definition) is 2. The summed E-state index contributed by atoms with van der Waals surface area (Å²) in [5, 5.41) is 12.9. The van der Waals surface area contributed by atoms with E-state index in [9.17, 15) is 4.79 Å². The molecular formula is C25H27N5O2S. The number of fused-ring (bicyclic) bond motifs is 2. The van der Waals surface area contributed by atoms with Crippen molar-refractivity contribution in [2.75, 3.05) is 13.1 Å². The second-order valence-electron chi connectivity index (χ2n) is 8.57. The highest BCUT2D eigenvalue weighted by molar-refractivity contribution is 7.80. The van der Waals surface area contributed by atoms with Crippen molar-refractivity contribution < 1.29 is 9.90 Å². The van der Waals surface area contributed by atoms with Crippen LogP contribution in [-0.4, -0.2) is 54.3 Å². The van der Waals surface area contributed by atoms with Crippen LogP contribution in [0, 0.1) is 0 Å². The molecule has 8 heteroatoms. The minimum absolute atomic E-state index is 0.102. The van der Waals surface area contributed by atoms with Crippen LogP contribution in [0.4, 0.5) is 4.79 Å². The fraction of sp³-hybridized carbons (Fsp3) is 0.320. The molecule has 3 heterocycles. The molecule has 1 aliphatic rings. The smallest absolute Gasteiger partial charge is 0.404 e. The minimum Gasteiger partial charge on any atom is -0.465 e. The van der Waals surface area contributed by atoms with Gasteiger partial charge in [-0.15, -0.1) is 0 Å². The largest absolute Gasteiger partial charge is 0.465 e. The first-order valence-corrected chi connectivity index (χ1v) is 11.7. The van der Waals surface area contributed by atoms with Gasteiger partial charge in [-0.3, -0.25) is 0 Å². The first-order chi connectivity index (χ1) is 16.0. The number of nitrogens with zero attached hydrogens (tertiary/aromatic N) is 4. The molecule has 2 aromatic carbocycles. The summed E-state index contributed by atoms with van der Waals surface area (Å²) in [4.78, 5) is 18.9. The van der Waals surface area contributed by atoms with Gasteiger partial charge in [-0.1, -0.05) is 30.4 Å². The summed E-state index contributed by atoms with van der Waals surface area (Å²) in [5.41, 5.74) is 5.19. The molecule has 2 N–H and O–H groups in total. The first-order valence-electron chi connectivity index (χ1n) is 11.3. The van der Waals surface area contributed by atoms with Crippen LogP contribution >= 0.6 is 12.2 Å². The number of rotatable bonds is 4. The topological polar surface area (TPSA) is 75.3 Å². The maximum atomic E-state index is 11.0. The van der Waals surface area contributed by atoms with Crippen LogP contribution in [-0.2, 0) is 13.6 Å². The van der Waals surface area contributed by atoms with Crippen molar-refractivity contribution in [2.24, 2.45) is 7.05 Å². The van der Waals surface area contributed by atoms with Crippen molar-refractivity contribution in [1.82, 2.24) is 24.3 Å². The van der Waals surface area contributed by atoms with Gasteiger partial charge in [0, 0.05) is 49.2 Å². The summed E-state index contributed by atoms with van der Waals surface area (Å²) >= 11 is 5.80. The summed E-state index contributed by atoms with van der Waals surface area (Å²) in [5.74, 6) is 0.926. The van der Waals surface area contributed by atoms with Gasteiger partial charge in [-0.25, -0.2) is 9.78 Å². The third-order valence-electron chi connectivity index (χ3n) is 6.52. The highest BCUT2D eigenvalue weighted by atomic mass is 32.1. The number of aromatic nitrogens is 3. The summed E-state index contributed by atoms with van der Waals surface area (Å²) in [6.45, 7) is 4.44. The number of carboxylic acid groups (broad SMARTS) is 1. The molecule has 1 saturated heterocycles. The molecular weight excluding hydrogens is 434 g/mol. The summed E-state index contributed by atoms with van der Waals surface area (Å²) < 4.78 is 4.43. The molecule has 7 nitrogen and oxygen atoms in total. The van der Waals surface area contributed by atoms with Crippen LogP contribution in [0.3, 0.4) is 0 Å². The van der Waals surface area contributed by atoms with Gasteiger partial charge in [0.2, 0.25) is 0 Å². The average molecular weight is 462 g/mol. The number of imidazole rings is 1. The zero-order valence-electron chi connectivity index (χ0n) is 18.8. The number of benzene rings is 2. The van der Waals surface area contributed by atoms with Crippen molar-refractivity contribution in [3.05, 3.63) is 54.1 Å². The zero-order valence-corrected chi connectivity index (χ0v) is 19.6. The van der Waals surface area contributed by atoms with Crippen molar-refractivity contribution in [2.45, 2.75) is 32.4 Å². The molecule has 0 saturated carbocycles. The fourth-order valence-electron chi connectivity index (χ4n) is 4.93. The number of hydrogen-bond acceptors (Lipinski definition) is 3. The average Bonchev–Trinajstić information content (AvgIpc) is 3.35. The third kappa shape index (κ3) is 3.84. The molecule has 33 heavy (non-hydrogen) atoms. The SMILES string of the molecule is CCn1c(-c2nc3cc(C(=S)N4CCCC(NC(=O)O)C4)ccc3n2C)cc2ccccc21. The van der Waals surface area contributed by atoms with E-state index < -0.39 is 6.09 Å². The van der Waals surface area contributed by atoms with Crippen LogP contribution in [0.25, 0.3) is 33.5 Å². The molecule has 0 bridgehead atoms. The van der Waals surface area contributed by atoms with Gasteiger partial charge in [0.15, 0.2) is 5.82 Å². The van der Waals surface area contributed by atoms with Crippen molar-refractivity contribution >= 4 is 45.2 Å². The molecule has 1 unspecified atom stereocenters. The van der Waals surface area contributed by atoms with Crippen LogP contribution in [0.15, 0.2) is 48.5 Å². The quantitative estimate of drug-likeness (QED) is 0.434.